The van der Waals surface area contributed by atoms with Crippen molar-refractivity contribution in [1.29, 1.82) is 0 Å². The van der Waals surface area contributed by atoms with E-state index >= 15 is 0 Å². The Hall–Kier alpha value is -1.06. The molecule has 0 spiro atoms. The molecule has 0 aromatic carbocycles. The van der Waals surface area contributed by atoms with Crippen molar-refractivity contribution in [2.75, 3.05) is 6.61 Å². The highest BCUT2D eigenvalue weighted by Crippen LogP contribution is 2.10. The predicted molar refractivity (Wildman–Crippen MR) is 97.9 cm³/mol. The molecule has 0 aliphatic carbocycles. The zero-order valence-corrected chi connectivity index (χ0v) is 16.1. The first-order valence-electron chi connectivity index (χ1n) is 9.99. The van der Waals surface area contributed by atoms with Gasteiger partial charge in [0.2, 0.25) is 0 Å². The molecule has 1 unspecified atom stereocenters. The second-order valence-corrected chi connectivity index (χ2v) is 6.53. The van der Waals surface area contributed by atoms with Crippen molar-refractivity contribution >= 4 is 11.9 Å². The molecule has 0 aromatic heterocycles. The van der Waals surface area contributed by atoms with Crippen LogP contribution in [0, 0.1) is 0 Å². The summed E-state index contributed by atoms with van der Waals surface area (Å²) in [6.07, 6.45) is 13.3. The number of hydrogen-bond acceptors (Lipinski definition) is 4. The highest BCUT2D eigenvalue weighted by molar-refractivity contribution is 5.91. The van der Waals surface area contributed by atoms with E-state index in [0.717, 1.165) is 32.1 Å². The third-order valence-electron chi connectivity index (χ3n) is 4.16. The van der Waals surface area contributed by atoms with Crippen molar-refractivity contribution in [3.63, 3.8) is 0 Å². The summed E-state index contributed by atoms with van der Waals surface area (Å²) in [6.45, 7) is 6.67. The van der Waals surface area contributed by atoms with E-state index in [-0.39, 0.29) is 12.5 Å². The highest BCUT2D eigenvalue weighted by atomic mass is 16.6. The van der Waals surface area contributed by atoms with Gasteiger partial charge in [0.05, 0.1) is 6.61 Å². The lowest BCUT2D eigenvalue weighted by atomic mass is 10.1. The maximum absolute atomic E-state index is 11.7. The number of carbonyl (C=O) groups is 2. The van der Waals surface area contributed by atoms with Crippen molar-refractivity contribution in [2.45, 2.75) is 110 Å². The number of rotatable bonds is 16. The summed E-state index contributed by atoms with van der Waals surface area (Å²) in [7, 11) is 0. The van der Waals surface area contributed by atoms with Crippen LogP contribution in [0.15, 0.2) is 0 Å². The minimum Gasteiger partial charge on any atom is -0.465 e. The highest BCUT2D eigenvalue weighted by Gasteiger charge is 2.16. The van der Waals surface area contributed by atoms with Crippen LogP contribution in [-0.2, 0) is 19.1 Å². The standard InChI is InChI=1S/C20H38O4/c1-4-7-8-9-10-11-12-13-14-16-23-19(21)17-20(22)24-18(6-3)15-5-2/h18H,4-17H2,1-3H3. The third kappa shape index (κ3) is 14.5. The van der Waals surface area contributed by atoms with E-state index in [4.69, 9.17) is 9.47 Å². The van der Waals surface area contributed by atoms with Crippen LogP contribution in [0.4, 0.5) is 0 Å². The van der Waals surface area contributed by atoms with E-state index in [1.165, 1.54) is 44.9 Å². The molecule has 0 fully saturated rings. The minimum absolute atomic E-state index is 0.0763. The van der Waals surface area contributed by atoms with Crippen LogP contribution >= 0.6 is 0 Å². The first-order chi connectivity index (χ1) is 11.6. The van der Waals surface area contributed by atoms with Crippen molar-refractivity contribution in [3.05, 3.63) is 0 Å². The summed E-state index contributed by atoms with van der Waals surface area (Å²) in [5.41, 5.74) is 0. The van der Waals surface area contributed by atoms with E-state index in [1.54, 1.807) is 0 Å². The molecule has 0 radical (unpaired) electrons. The normalized spacial score (nSPS) is 12.0. The molecule has 0 N–H and O–H groups in total. The van der Waals surface area contributed by atoms with Crippen LogP contribution in [0.5, 0.6) is 0 Å². The second kappa shape index (κ2) is 16.8. The topological polar surface area (TPSA) is 52.6 Å². The lowest BCUT2D eigenvalue weighted by molar-refractivity contribution is -0.158. The van der Waals surface area contributed by atoms with Gasteiger partial charge in [-0.25, -0.2) is 0 Å². The lowest BCUT2D eigenvalue weighted by Gasteiger charge is -2.14. The Labute approximate surface area is 148 Å². The number of hydrogen-bond donors (Lipinski definition) is 0. The monoisotopic (exact) mass is 342 g/mol. The molecule has 0 rings (SSSR count). The van der Waals surface area contributed by atoms with Crippen molar-refractivity contribution in [3.8, 4) is 0 Å². The van der Waals surface area contributed by atoms with E-state index in [0.29, 0.717) is 6.61 Å². The molecule has 4 heteroatoms. The summed E-state index contributed by atoms with van der Waals surface area (Å²) in [5.74, 6) is -0.932. The quantitative estimate of drug-likeness (QED) is 0.209. The summed E-state index contributed by atoms with van der Waals surface area (Å²) in [6, 6.07) is 0. The lowest BCUT2D eigenvalue weighted by Crippen LogP contribution is -2.20. The first kappa shape index (κ1) is 22.9. The zero-order chi connectivity index (χ0) is 18.0. The third-order valence-corrected chi connectivity index (χ3v) is 4.16. The van der Waals surface area contributed by atoms with Gasteiger partial charge in [0, 0.05) is 0 Å². The predicted octanol–water partition coefficient (Wildman–Crippen LogP) is 5.57. The smallest absolute Gasteiger partial charge is 0.317 e. The van der Waals surface area contributed by atoms with Crippen LogP contribution < -0.4 is 0 Å². The van der Waals surface area contributed by atoms with E-state index in [2.05, 4.69) is 13.8 Å². The molecular weight excluding hydrogens is 304 g/mol. The van der Waals surface area contributed by atoms with Gasteiger partial charge in [0.1, 0.15) is 12.5 Å². The van der Waals surface area contributed by atoms with Gasteiger partial charge in [-0.1, -0.05) is 78.6 Å². The molecule has 0 saturated carbocycles. The summed E-state index contributed by atoms with van der Waals surface area (Å²) < 4.78 is 10.4. The molecule has 24 heavy (non-hydrogen) atoms. The van der Waals surface area contributed by atoms with Gasteiger partial charge in [-0.15, -0.1) is 0 Å². The Morgan fingerprint density at radius 3 is 1.88 bits per heavy atom. The molecule has 0 bridgehead atoms. The molecule has 142 valence electrons. The van der Waals surface area contributed by atoms with Gasteiger partial charge < -0.3 is 9.47 Å². The van der Waals surface area contributed by atoms with Crippen LogP contribution in [0.2, 0.25) is 0 Å². The van der Waals surface area contributed by atoms with Gasteiger partial charge in [-0.2, -0.15) is 0 Å². The van der Waals surface area contributed by atoms with Crippen LogP contribution in [0.1, 0.15) is 104 Å². The average molecular weight is 343 g/mol. The Bertz CT molecular complexity index is 315. The second-order valence-electron chi connectivity index (χ2n) is 6.53. The maximum atomic E-state index is 11.7. The Morgan fingerprint density at radius 2 is 1.33 bits per heavy atom. The molecule has 1 atom stereocenters. The largest absolute Gasteiger partial charge is 0.465 e. The molecule has 0 aromatic rings. The van der Waals surface area contributed by atoms with E-state index in [1.807, 2.05) is 6.92 Å². The van der Waals surface area contributed by atoms with Gasteiger partial charge >= 0.3 is 11.9 Å². The number of carbonyl (C=O) groups excluding carboxylic acids is 2. The molecule has 0 amide bonds. The minimum atomic E-state index is -0.467. The fourth-order valence-corrected chi connectivity index (χ4v) is 2.66. The summed E-state index contributed by atoms with van der Waals surface area (Å²) >= 11 is 0. The van der Waals surface area contributed by atoms with E-state index < -0.39 is 11.9 Å². The van der Waals surface area contributed by atoms with E-state index in [9.17, 15) is 9.59 Å². The van der Waals surface area contributed by atoms with Gasteiger partial charge in [0.25, 0.3) is 0 Å². The first-order valence-corrected chi connectivity index (χ1v) is 9.99. The summed E-state index contributed by atoms with van der Waals surface area (Å²) in [4.78, 5) is 23.3. The van der Waals surface area contributed by atoms with Gasteiger partial charge in [-0.05, 0) is 19.3 Å². The van der Waals surface area contributed by atoms with Gasteiger partial charge in [0.15, 0.2) is 0 Å². The van der Waals surface area contributed by atoms with Crippen LogP contribution in [0.25, 0.3) is 0 Å². The fraction of sp³-hybridized carbons (Fsp3) is 0.900. The number of unbranched alkanes of at least 4 members (excludes halogenated alkanes) is 8. The van der Waals surface area contributed by atoms with Crippen LogP contribution in [0.3, 0.4) is 0 Å². The Balaban J connectivity index is 3.50. The zero-order valence-electron chi connectivity index (χ0n) is 16.1. The molecule has 0 saturated heterocycles. The number of esters is 2. The fourth-order valence-electron chi connectivity index (χ4n) is 2.66. The number of ether oxygens (including phenoxy) is 2. The molecule has 4 nitrogen and oxygen atoms in total. The van der Waals surface area contributed by atoms with Crippen molar-refractivity contribution in [1.82, 2.24) is 0 Å². The summed E-state index contributed by atoms with van der Waals surface area (Å²) in [5, 5.41) is 0. The van der Waals surface area contributed by atoms with Gasteiger partial charge in [-0.3, -0.25) is 9.59 Å². The van der Waals surface area contributed by atoms with Crippen molar-refractivity contribution in [2.24, 2.45) is 0 Å². The molecule has 0 aliphatic rings. The SMILES string of the molecule is CCCCCCCCCCCOC(=O)CC(=O)OC(CC)CCC. The van der Waals surface area contributed by atoms with Crippen molar-refractivity contribution < 1.29 is 19.1 Å². The molecule has 0 aliphatic heterocycles. The average Bonchev–Trinajstić information content (AvgIpc) is 2.56. The Morgan fingerprint density at radius 1 is 0.750 bits per heavy atom. The van der Waals surface area contributed by atoms with Crippen LogP contribution in [-0.4, -0.2) is 24.6 Å². The molecule has 0 heterocycles. The molecular formula is C20H38O4. The maximum Gasteiger partial charge on any atom is 0.317 e. The Kier molecular flexibility index (Phi) is 16.0.